The molecule has 0 N–H and O–H groups in total. The first-order valence-electron chi connectivity index (χ1n) is 4.39. The fourth-order valence-electron chi connectivity index (χ4n) is 1.30. The Morgan fingerprint density at radius 1 is 1.33 bits per heavy atom. The molecule has 0 unspecified atom stereocenters. The SMILES string of the molecule is Cc1ccc(-c2sc(Br)nc2C=O)cc1. The Kier molecular flexibility index (Phi) is 2.98. The Labute approximate surface area is 100 Å². The second-order valence-corrected chi connectivity index (χ2v) is 5.44. The van der Waals surface area contributed by atoms with E-state index in [9.17, 15) is 4.79 Å². The van der Waals surface area contributed by atoms with Crippen LogP contribution in [0.4, 0.5) is 0 Å². The molecule has 0 aliphatic rings. The number of carbonyl (C=O) groups is 1. The zero-order valence-corrected chi connectivity index (χ0v) is 10.4. The van der Waals surface area contributed by atoms with Gasteiger partial charge in [-0.25, -0.2) is 4.98 Å². The minimum absolute atomic E-state index is 0.496. The lowest BCUT2D eigenvalue weighted by molar-refractivity contribution is 0.112. The highest BCUT2D eigenvalue weighted by Gasteiger charge is 2.10. The van der Waals surface area contributed by atoms with Crippen LogP contribution in [0.3, 0.4) is 0 Å². The number of nitrogens with zero attached hydrogens (tertiary/aromatic N) is 1. The molecule has 2 aromatic rings. The average molecular weight is 282 g/mol. The highest BCUT2D eigenvalue weighted by molar-refractivity contribution is 9.11. The van der Waals surface area contributed by atoms with E-state index in [4.69, 9.17) is 0 Å². The summed E-state index contributed by atoms with van der Waals surface area (Å²) in [4.78, 5) is 15.8. The van der Waals surface area contributed by atoms with Crippen LogP contribution in [0.1, 0.15) is 16.1 Å². The monoisotopic (exact) mass is 281 g/mol. The maximum absolute atomic E-state index is 10.8. The van der Waals surface area contributed by atoms with Gasteiger partial charge in [-0.05, 0) is 28.4 Å². The average Bonchev–Trinajstić information content (AvgIpc) is 2.61. The van der Waals surface area contributed by atoms with Crippen molar-refractivity contribution in [2.75, 3.05) is 0 Å². The molecule has 2 nitrogen and oxygen atoms in total. The van der Waals surface area contributed by atoms with Crippen molar-refractivity contribution in [3.63, 3.8) is 0 Å². The number of aryl methyl sites for hydroxylation is 1. The molecule has 0 aliphatic heterocycles. The zero-order chi connectivity index (χ0) is 10.8. The summed E-state index contributed by atoms with van der Waals surface area (Å²) in [5.41, 5.74) is 2.73. The molecular formula is C11H8BrNOS. The third kappa shape index (κ3) is 2.16. The molecular weight excluding hydrogens is 274 g/mol. The predicted octanol–water partition coefficient (Wildman–Crippen LogP) is 3.69. The van der Waals surface area contributed by atoms with Crippen molar-refractivity contribution in [3.8, 4) is 10.4 Å². The molecule has 2 rings (SSSR count). The van der Waals surface area contributed by atoms with Crippen molar-refractivity contribution in [3.05, 3.63) is 39.4 Å². The lowest BCUT2D eigenvalue weighted by atomic mass is 10.1. The largest absolute Gasteiger partial charge is 0.296 e. The van der Waals surface area contributed by atoms with Crippen molar-refractivity contribution in [1.82, 2.24) is 4.98 Å². The van der Waals surface area contributed by atoms with Crippen molar-refractivity contribution >= 4 is 33.6 Å². The molecule has 0 bridgehead atoms. The first-order valence-corrected chi connectivity index (χ1v) is 6.00. The Morgan fingerprint density at radius 2 is 2.00 bits per heavy atom. The first-order chi connectivity index (χ1) is 7.20. The maximum Gasteiger partial charge on any atom is 0.169 e. The number of benzene rings is 1. The number of aromatic nitrogens is 1. The van der Waals surface area contributed by atoms with Crippen molar-refractivity contribution in [2.24, 2.45) is 0 Å². The van der Waals surface area contributed by atoms with Gasteiger partial charge >= 0.3 is 0 Å². The fraction of sp³-hybridized carbons (Fsp3) is 0.0909. The highest BCUT2D eigenvalue weighted by Crippen LogP contribution is 2.32. The van der Waals surface area contributed by atoms with Gasteiger partial charge in [-0.15, -0.1) is 11.3 Å². The van der Waals surface area contributed by atoms with E-state index < -0.39 is 0 Å². The first kappa shape index (κ1) is 10.5. The van der Waals surface area contributed by atoms with Gasteiger partial charge in [-0.2, -0.15) is 0 Å². The molecule has 0 saturated carbocycles. The van der Waals surface area contributed by atoms with Gasteiger partial charge < -0.3 is 0 Å². The second-order valence-electron chi connectivity index (χ2n) is 3.17. The van der Waals surface area contributed by atoms with Crippen LogP contribution in [-0.2, 0) is 0 Å². The van der Waals surface area contributed by atoms with E-state index >= 15 is 0 Å². The quantitative estimate of drug-likeness (QED) is 0.786. The number of carbonyl (C=O) groups excluding carboxylic acids is 1. The van der Waals surface area contributed by atoms with Gasteiger partial charge in [0, 0.05) is 0 Å². The van der Waals surface area contributed by atoms with E-state index in [2.05, 4.69) is 20.9 Å². The number of aldehydes is 1. The van der Waals surface area contributed by atoms with Gasteiger partial charge in [0.15, 0.2) is 10.2 Å². The van der Waals surface area contributed by atoms with Crippen LogP contribution in [0.5, 0.6) is 0 Å². The predicted molar refractivity (Wildman–Crippen MR) is 65.4 cm³/mol. The Morgan fingerprint density at radius 3 is 2.60 bits per heavy atom. The van der Waals surface area contributed by atoms with Gasteiger partial charge in [0.1, 0.15) is 5.69 Å². The van der Waals surface area contributed by atoms with Crippen LogP contribution in [0.15, 0.2) is 28.2 Å². The Bertz CT molecular complexity index is 490. The van der Waals surface area contributed by atoms with Crippen LogP contribution in [-0.4, -0.2) is 11.3 Å². The summed E-state index contributed by atoms with van der Waals surface area (Å²) < 4.78 is 0.736. The number of thiazole rings is 1. The number of hydrogen-bond donors (Lipinski definition) is 0. The summed E-state index contributed by atoms with van der Waals surface area (Å²) in [6, 6.07) is 8.06. The van der Waals surface area contributed by atoms with E-state index in [0.717, 1.165) is 20.6 Å². The second kappa shape index (κ2) is 4.24. The molecule has 1 heterocycles. The third-order valence-corrected chi connectivity index (χ3v) is 3.62. The fourth-order valence-corrected chi connectivity index (χ4v) is 2.74. The van der Waals surface area contributed by atoms with Gasteiger partial charge in [-0.3, -0.25) is 4.79 Å². The lowest BCUT2D eigenvalue weighted by Gasteiger charge is -1.98. The molecule has 0 fully saturated rings. The van der Waals surface area contributed by atoms with Crippen molar-refractivity contribution in [2.45, 2.75) is 6.92 Å². The smallest absolute Gasteiger partial charge is 0.169 e. The topological polar surface area (TPSA) is 30.0 Å². The zero-order valence-electron chi connectivity index (χ0n) is 8.03. The number of hydrogen-bond acceptors (Lipinski definition) is 3. The van der Waals surface area contributed by atoms with Crippen molar-refractivity contribution in [1.29, 1.82) is 0 Å². The standard InChI is InChI=1S/C11H8BrNOS/c1-7-2-4-8(5-3-7)10-9(6-14)13-11(12)15-10/h2-6H,1H3. The Balaban J connectivity index is 2.52. The molecule has 0 saturated heterocycles. The lowest BCUT2D eigenvalue weighted by Crippen LogP contribution is -1.83. The molecule has 0 aliphatic carbocycles. The summed E-state index contributed by atoms with van der Waals surface area (Å²) >= 11 is 4.76. The van der Waals surface area contributed by atoms with Crippen LogP contribution in [0.2, 0.25) is 0 Å². The molecule has 1 aromatic heterocycles. The van der Waals surface area contributed by atoms with E-state index in [1.807, 2.05) is 31.2 Å². The number of rotatable bonds is 2. The van der Waals surface area contributed by atoms with E-state index in [1.54, 1.807) is 0 Å². The Hall–Kier alpha value is -1.00. The molecule has 0 radical (unpaired) electrons. The molecule has 15 heavy (non-hydrogen) atoms. The molecule has 0 spiro atoms. The molecule has 0 amide bonds. The molecule has 1 aromatic carbocycles. The summed E-state index contributed by atoms with van der Waals surface area (Å²) in [5.74, 6) is 0. The molecule has 4 heteroatoms. The van der Waals surface area contributed by atoms with E-state index in [-0.39, 0.29) is 0 Å². The van der Waals surface area contributed by atoms with E-state index in [1.165, 1.54) is 16.9 Å². The summed E-state index contributed by atoms with van der Waals surface area (Å²) in [6.07, 6.45) is 0.788. The highest BCUT2D eigenvalue weighted by atomic mass is 79.9. The van der Waals surface area contributed by atoms with Gasteiger partial charge in [-0.1, -0.05) is 29.8 Å². The minimum Gasteiger partial charge on any atom is -0.296 e. The molecule has 0 atom stereocenters. The number of halogens is 1. The van der Waals surface area contributed by atoms with Gasteiger partial charge in [0.05, 0.1) is 4.88 Å². The van der Waals surface area contributed by atoms with Gasteiger partial charge in [0.25, 0.3) is 0 Å². The summed E-state index contributed by atoms with van der Waals surface area (Å²) in [7, 11) is 0. The van der Waals surface area contributed by atoms with Crippen LogP contribution in [0, 0.1) is 6.92 Å². The third-order valence-electron chi connectivity index (χ3n) is 2.05. The van der Waals surface area contributed by atoms with E-state index in [0.29, 0.717) is 5.69 Å². The minimum atomic E-state index is 0.496. The molecule has 76 valence electrons. The maximum atomic E-state index is 10.8. The summed E-state index contributed by atoms with van der Waals surface area (Å²) in [5, 5.41) is 0. The van der Waals surface area contributed by atoms with Crippen LogP contribution < -0.4 is 0 Å². The van der Waals surface area contributed by atoms with Crippen LogP contribution in [0.25, 0.3) is 10.4 Å². The van der Waals surface area contributed by atoms with Gasteiger partial charge in [0.2, 0.25) is 0 Å². The van der Waals surface area contributed by atoms with Crippen molar-refractivity contribution < 1.29 is 4.79 Å². The van der Waals surface area contributed by atoms with Crippen LogP contribution >= 0.6 is 27.3 Å². The summed E-state index contributed by atoms with van der Waals surface area (Å²) in [6.45, 7) is 2.03. The normalized spacial score (nSPS) is 10.3.